The number of para-hydroxylation sites is 1. The predicted octanol–water partition coefficient (Wildman–Crippen LogP) is 2.52. The summed E-state index contributed by atoms with van der Waals surface area (Å²) in [5, 5.41) is 5.84. The van der Waals surface area contributed by atoms with Gasteiger partial charge in [-0.1, -0.05) is 18.2 Å². The highest BCUT2D eigenvalue weighted by atomic mass is 32.1. The molecule has 1 amide bonds. The zero-order valence-electron chi connectivity index (χ0n) is 9.79. The van der Waals surface area contributed by atoms with Crippen LogP contribution in [0.5, 0.6) is 5.75 Å². The summed E-state index contributed by atoms with van der Waals surface area (Å²) in [5.74, 6) is 0.238. The van der Waals surface area contributed by atoms with Gasteiger partial charge >= 0.3 is 0 Å². The van der Waals surface area contributed by atoms with Gasteiger partial charge in [0, 0.05) is 4.88 Å². The molecule has 1 aromatic carbocycles. The first-order valence-corrected chi connectivity index (χ1v) is 6.19. The Balaban J connectivity index is 2.04. The Morgan fingerprint density at radius 1 is 1.33 bits per heavy atom. The van der Waals surface area contributed by atoms with Crippen molar-refractivity contribution in [1.82, 2.24) is 5.43 Å². The van der Waals surface area contributed by atoms with E-state index in [4.69, 9.17) is 4.74 Å². The second-order valence-corrected chi connectivity index (χ2v) is 4.39. The fourth-order valence-corrected chi connectivity index (χ4v) is 2.00. The van der Waals surface area contributed by atoms with Crippen molar-refractivity contribution in [3.05, 3.63) is 52.2 Å². The molecule has 0 radical (unpaired) electrons. The lowest BCUT2D eigenvalue weighted by Crippen LogP contribution is -2.18. The van der Waals surface area contributed by atoms with Gasteiger partial charge in [0.1, 0.15) is 5.75 Å². The van der Waals surface area contributed by atoms with Gasteiger partial charge in [0.25, 0.3) is 5.91 Å². The average Bonchev–Trinajstić information content (AvgIpc) is 2.91. The van der Waals surface area contributed by atoms with Gasteiger partial charge in [-0.15, -0.1) is 11.3 Å². The van der Waals surface area contributed by atoms with E-state index in [-0.39, 0.29) is 5.91 Å². The summed E-state index contributed by atoms with van der Waals surface area (Å²) in [6, 6.07) is 10.9. The predicted molar refractivity (Wildman–Crippen MR) is 72.4 cm³/mol. The number of thiophene rings is 1. The number of carbonyl (C=O) groups is 1. The van der Waals surface area contributed by atoms with Gasteiger partial charge in [0.2, 0.25) is 0 Å². The molecule has 1 N–H and O–H groups in total. The monoisotopic (exact) mass is 260 g/mol. The fourth-order valence-electron chi connectivity index (χ4n) is 1.41. The van der Waals surface area contributed by atoms with E-state index in [1.807, 2.05) is 23.6 Å². The van der Waals surface area contributed by atoms with Crippen LogP contribution in [0.4, 0.5) is 0 Å². The topological polar surface area (TPSA) is 50.7 Å². The van der Waals surface area contributed by atoms with Crippen LogP contribution in [0.1, 0.15) is 15.2 Å². The molecule has 0 fully saturated rings. The van der Waals surface area contributed by atoms with Crippen LogP contribution in [0.25, 0.3) is 0 Å². The van der Waals surface area contributed by atoms with Crippen LogP contribution in [0.2, 0.25) is 0 Å². The Bertz CT molecular complexity index is 550. The summed E-state index contributed by atoms with van der Waals surface area (Å²) in [6.07, 6.45) is 1.61. The molecule has 0 aliphatic rings. The van der Waals surface area contributed by atoms with Crippen molar-refractivity contribution in [2.45, 2.75) is 0 Å². The van der Waals surface area contributed by atoms with Crippen molar-refractivity contribution >= 4 is 23.5 Å². The largest absolute Gasteiger partial charge is 0.496 e. The number of nitrogens with one attached hydrogen (secondary N) is 1. The highest BCUT2D eigenvalue weighted by Gasteiger charge is 2.09. The van der Waals surface area contributed by atoms with Crippen LogP contribution in [-0.4, -0.2) is 19.2 Å². The molecule has 1 aromatic heterocycles. The zero-order chi connectivity index (χ0) is 12.8. The van der Waals surface area contributed by atoms with E-state index in [2.05, 4.69) is 10.5 Å². The number of carbonyl (C=O) groups excluding carboxylic acids is 1. The zero-order valence-corrected chi connectivity index (χ0v) is 10.6. The third-order valence-electron chi connectivity index (χ3n) is 2.25. The summed E-state index contributed by atoms with van der Waals surface area (Å²) in [7, 11) is 1.53. The Labute approximate surface area is 109 Å². The van der Waals surface area contributed by atoms with Crippen molar-refractivity contribution < 1.29 is 9.53 Å². The minimum Gasteiger partial charge on any atom is -0.496 e. The maximum Gasteiger partial charge on any atom is 0.275 e. The van der Waals surface area contributed by atoms with Crippen molar-refractivity contribution in [1.29, 1.82) is 0 Å². The average molecular weight is 260 g/mol. The van der Waals surface area contributed by atoms with Crippen LogP contribution >= 0.6 is 11.3 Å². The number of hydrogen-bond donors (Lipinski definition) is 1. The van der Waals surface area contributed by atoms with Gasteiger partial charge in [-0.05, 0) is 23.6 Å². The second-order valence-electron chi connectivity index (χ2n) is 3.41. The summed E-state index contributed by atoms with van der Waals surface area (Å²) in [4.78, 5) is 12.8. The fraction of sp³-hybridized carbons (Fsp3) is 0.0769. The molecule has 5 heteroatoms. The van der Waals surface area contributed by atoms with E-state index >= 15 is 0 Å². The molecule has 0 aliphatic carbocycles. The number of ether oxygens (including phenoxy) is 1. The van der Waals surface area contributed by atoms with Crippen LogP contribution in [0, 0.1) is 0 Å². The van der Waals surface area contributed by atoms with Crippen molar-refractivity contribution in [2.24, 2.45) is 5.10 Å². The van der Waals surface area contributed by atoms with E-state index in [1.54, 1.807) is 35.8 Å². The highest BCUT2D eigenvalue weighted by molar-refractivity contribution is 7.11. The summed E-state index contributed by atoms with van der Waals surface area (Å²) < 4.78 is 5.11. The molecule has 1 heterocycles. The summed E-state index contributed by atoms with van der Waals surface area (Å²) in [5.41, 5.74) is 2.93. The quantitative estimate of drug-likeness (QED) is 0.678. The standard InChI is InChI=1S/C13H12N2O2S/c1-17-12-7-3-2-6-11(12)13(16)15-14-9-10-5-4-8-18-10/h2-9H,1H3,(H,15,16)/b14-9+. The van der Waals surface area contributed by atoms with E-state index in [9.17, 15) is 4.79 Å². The first-order valence-electron chi connectivity index (χ1n) is 5.31. The number of amides is 1. The normalized spacial score (nSPS) is 10.5. The molecule has 0 aliphatic heterocycles. The van der Waals surface area contributed by atoms with Gasteiger partial charge in [0.05, 0.1) is 18.9 Å². The molecule has 18 heavy (non-hydrogen) atoms. The first-order chi connectivity index (χ1) is 8.81. The number of hydrazone groups is 1. The first kappa shape index (κ1) is 12.3. The smallest absolute Gasteiger partial charge is 0.275 e. The van der Waals surface area contributed by atoms with Gasteiger partial charge in [0.15, 0.2) is 0 Å². The third kappa shape index (κ3) is 2.95. The maximum atomic E-state index is 11.9. The van der Waals surface area contributed by atoms with Gasteiger partial charge in [-0.2, -0.15) is 5.10 Å². The molecule has 2 rings (SSSR count). The lowest BCUT2D eigenvalue weighted by Gasteiger charge is -2.05. The maximum absolute atomic E-state index is 11.9. The number of methoxy groups -OCH3 is 1. The number of hydrogen-bond acceptors (Lipinski definition) is 4. The summed E-state index contributed by atoms with van der Waals surface area (Å²) in [6.45, 7) is 0. The SMILES string of the molecule is COc1ccccc1C(=O)N/N=C/c1cccs1. The molecule has 0 spiro atoms. The molecule has 2 aromatic rings. The number of rotatable bonds is 4. The van der Waals surface area contributed by atoms with Crippen LogP contribution in [0.3, 0.4) is 0 Å². The minimum atomic E-state index is -0.291. The molecule has 0 atom stereocenters. The Morgan fingerprint density at radius 2 is 2.17 bits per heavy atom. The molecule has 0 saturated heterocycles. The molecule has 4 nitrogen and oxygen atoms in total. The van der Waals surface area contributed by atoms with E-state index in [0.29, 0.717) is 11.3 Å². The Kier molecular flexibility index (Phi) is 4.09. The Morgan fingerprint density at radius 3 is 2.89 bits per heavy atom. The second kappa shape index (κ2) is 5.97. The van der Waals surface area contributed by atoms with Gasteiger partial charge in [-0.25, -0.2) is 5.43 Å². The van der Waals surface area contributed by atoms with Crippen LogP contribution < -0.4 is 10.2 Å². The van der Waals surface area contributed by atoms with Gasteiger partial charge < -0.3 is 4.74 Å². The molecule has 0 saturated carbocycles. The third-order valence-corrected chi connectivity index (χ3v) is 3.06. The van der Waals surface area contributed by atoms with Gasteiger partial charge in [-0.3, -0.25) is 4.79 Å². The molecule has 92 valence electrons. The van der Waals surface area contributed by atoms with Crippen LogP contribution in [-0.2, 0) is 0 Å². The molecular formula is C13H12N2O2S. The van der Waals surface area contributed by atoms with Crippen molar-refractivity contribution in [3.8, 4) is 5.75 Å². The van der Waals surface area contributed by atoms with Crippen LogP contribution in [0.15, 0.2) is 46.9 Å². The lowest BCUT2D eigenvalue weighted by molar-refractivity contribution is 0.0952. The molecule has 0 bridgehead atoms. The van der Waals surface area contributed by atoms with Crippen molar-refractivity contribution in [3.63, 3.8) is 0 Å². The molecule has 0 unspecified atom stereocenters. The van der Waals surface area contributed by atoms with E-state index in [0.717, 1.165) is 4.88 Å². The number of nitrogens with zero attached hydrogens (tertiary/aromatic N) is 1. The molecular weight excluding hydrogens is 248 g/mol. The highest BCUT2D eigenvalue weighted by Crippen LogP contribution is 2.16. The van der Waals surface area contributed by atoms with E-state index < -0.39 is 0 Å². The van der Waals surface area contributed by atoms with E-state index in [1.165, 1.54) is 7.11 Å². The Hall–Kier alpha value is -2.14. The number of benzene rings is 1. The summed E-state index contributed by atoms with van der Waals surface area (Å²) >= 11 is 1.55. The van der Waals surface area contributed by atoms with Crippen molar-refractivity contribution in [2.75, 3.05) is 7.11 Å². The minimum absolute atomic E-state index is 0.291. The lowest BCUT2D eigenvalue weighted by atomic mass is 10.2.